The summed E-state index contributed by atoms with van der Waals surface area (Å²) in [4.78, 5) is 12.6. The van der Waals surface area contributed by atoms with E-state index >= 15 is 0 Å². The molecule has 0 aromatic heterocycles. The number of benzene rings is 3. The van der Waals surface area contributed by atoms with Crippen LogP contribution < -0.4 is 14.9 Å². The van der Waals surface area contributed by atoms with Crippen LogP contribution in [0.3, 0.4) is 0 Å². The predicted molar refractivity (Wildman–Crippen MR) is 121 cm³/mol. The van der Waals surface area contributed by atoms with E-state index in [2.05, 4.69) is 15.2 Å². The minimum Gasteiger partial charge on any atom is -0.494 e. The van der Waals surface area contributed by atoms with E-state index in [1.54, 1.807) is 36.4 Å². The van der Waals surface area contributed by atoms with Gasteiger partial charge in [-0.05, 0) is 73.2 Å². The molecule has 7 nitrogen and oxygen atoms in total. The molecule has 0 heterocycles. The molecule has 3 aromatic rings. The monoisotopic (exact) mass is 457 g/mol. The van der Waals surface area contributed by atoms with Crippen LogP contribution in [0.1, 0.15) is 22.8 Å². The van der Waals surface area contributed by atoms with E-state index in [1.165, 1.54) is 42.6 Å². The molecule has 0 fully saturated rings. The van der Waals surface area contributed by atoms with E-state index in [9.17, 15) is 13.2 Å². The zero-order valence-electron chi connectivity index (χ0n) is 16.6. The van der Waals surface area contributed by atoms with Gasteiger partial charge < -0.3 is 4.74 Å². The van der Waals surface area contributed by atoms with E-state index in [0.717, 1.165) is 11.3 Å². The highest BCUT2D eigenvalue weighted by Crippen LogP contribution is 2.21. The minimum atomic E-state index is -3.90. The van der Waals surface area contributed by atoms with Gasteiger partial charge in [0.25, 0.3) is 15.9 Å². The first kappa shape index (κ1) is 22.3. The quantitative estimate of drug-likeness (QED) is 0.389. The molecule has 0 saturated carbocycles. The number of halogens is 1. The van der Waals surface area contributed by atoms with Crippen molar-refractivity contribution in [3.63, 3.8) is 0 Å². The Morgan fingerprint density at radius 3 is 2.39 bits per heavy atom. The van der Waals surface area contributed by atoms with Gasteiger partial charge in [0.1, 0.15) is 5.75 Å². The first-order chi connectivity index (χ1) is 14.9. The molecule has 0 aliphatic carbocycles. The molecule has 9 heteroatoms. The van der Waals surface area contributed by atoms with Crippen LogP contribution in [0.25, 0.3) is 0 Å². The van der Waals surface area contributed by atoms with Crippen molar-refractivity contribution in [1.82, 2.24) is 5.43 Å². The third-order valence-corrected chi connectivity index (χ3v) is 5.74. The van der Waals surface area contributed by atoms with Crippen molar-refractivity contribution in [2.75, 3.05) is 11.3 Å². The zero-order valence-corrected chi connectivity index (χ0v) is 18.2. The number of carbonyl (C=O) groups is 1. The summed E-state index contributed by atoms with van der Waals surface area (Å²) in [6.45, 7) is 2.48. The van der Waals surface area contributed by atoms with Crippen molar-refractivity contribution < 1.29 is 17.9 Å². The Kier molecular flexibility index (Phi) is 7.28. The Bertz CT molecular complexity index is 1180. The molecule has 0 radical (unpaired) electrons. The Balaban J connectivity index is 1.71. The van der Waals surface area contributed by atoms with Gasteiger partial charge in [0.15, 0.2) is 0 Å². The summed E-state index contributed by atoms with van der Waals surface area (Å²) < 4.78 is 33.1. The normalized spacial score (nSPS) is 11.3. The van der Waals surface area contributed by atoms with E-state index in [-0.39, 0.29) is 16.1 Å². The van der Waals surface area contributed by atoms with Crippen LogP contribution in [0.2, 0.25) is 5.02 Å². The van der Waals surface area contributed by atoms with Crippen molar-refractivity contribution >= 4 is 39.4 Å². The topological polar surface area (TPSA) is 96.9 Å². The summed E-state index contributed by atoms with van der Waals surface area (Å²) in [5.74, 6) is 0.183. The number of nitrogens with zero attached hydrogens (tertiary/aromatic N) is 1. The number of para-hydroxylation sites is 1. The molecule has 3 rings (SSSR count). The van der Waals surface area contributed by atoms with E-state index in [0.29, 0.717) is 11.6 Å². The summed E-state index contributed by atoms with van der Waals surface area (Å²) in [5.41, 5.74) is 3.43. The van der Waals surface area contributed by atoms with Crippen molar-refractivity contribution in [3.05, 3.63) is 88.9 Å². The summed E-state index contributed by atoms with van der Waals surface area (Å²) in [7, 11) is -3.90. The fourth-order valence-corrected chi connectivity index (χ4v) is 3.84. The second kappa shape index (κ2) is 10.1. The highest BCUT2D eigenvalue weighted by atomic mass is 35.5. The highest BCUT2D eigenvalue weighted by molar-refractivity contribution is 7.92. The summed E-state index contributed by atoms with van der Waals surface area (Å²) in [6.07, 6.45) is 1.48. The van der Waals surface area contributed by atoms with Gasteiger partial charge in [-0.2, -0.15) is 5.10 Å². The van der Waals surface area contributed by atoms with Gasteiger partial charge in [0.2, 0.25) is 0 Å². The molecule has 0 saturated heterocycles. The van der Waals surface area contributed by atoms with Gasteiger partial charge in [0.05, 0.1) is 29.0 Å². The molecule has 1 amide bonds. The van der Waals surface area contributed by atoms with Gasteiger partial charge in [-0.1, -0.05) is 23.7 Å². The number of ether oxygens (including phenoxy) is 1. The maximum absolute atomic E-state index is 12.6. The zero-order chi connectivity index (χ0) is 22.3. The first-order valence-electron chi connectivity index (χ1n) is 9.33. The van der Waals surface area contributed by atoms with Gasteiger partial charge in [-0.3, -0.25) is 9.52 Å². The number of rotatable bonds is 8. The van der Waals surface area contributed by atoms with E-state index in [1.807, 2.05) is 6.92 Å². The number of hydrogen-bond acceptors (Lipinski definition) is 5. The second-order valence-corrected chi connectivity index (χ2v) is 8.43. The van der Waals surface area contributed by atoms with Crippen molar-refractivity contribution in [1.29, 1.82) is 0 Å². The van der Waals surface area contributed by atoms with Crippen molar-refractivity contribution in [3.8, 4) is 5.75 Å². The second-order valence-electron chi connectivity index (χ2n) is 6.31. The van der Waals surface area contributed by atoms with Crippen molar-refractivity contribution in [2.45, 2.75) is 11.8 Å². The third kappa shape index (κ3) is 6.07. The molecule has 0 spiro atoms. The summed E-state index contributed by atoms with van der Waals surface area (Å²) >= 11 is 5.82. The molecule has 31 heavy (non-hydrogen) atoms. The van der Waals surface area contributed by atoms with Crippen LogP contribution in [0.4, 0.5) is 5.69 Å². The number of nitrogens with one attached hydrogen (secondary N) is 2. The average Bonchev–Trinajstić information content (AvgIpc) is 2.75. The van der Waals surface area contributed by atoms with Crippen LogP contribution in [-0.2, 0) is 10.0 Å². The van der Waals surface area contributed by atoms with Gasteiger partial charge in [0, 0.05) is 5.02 Å². The lowest BCUT2D eigenvalue weighted by Gasteiger charge is -2.11. The Morgan fingerprint density at radius 1 is 1.03 bits per heavy atom. The SMILES string of the molecule is CCOc1ccc(/C=N/NC(=O)c2ccccc2NS(=O)(=O)c2ccc(Cl)cc2)cc1. The summed E-state index contributed by atoms with van der Waals surface area (Å²) in [6, 6.07) is 19.2. The standard InChI is InChI=1S/C22H20ClN3O4S/c1-2-30-18-11-7-16(8-12-18)15-24-25-22(27)20-5-3-4-6-21(20)26-31(28,29)19-13-9-17(23)10-14-19/h3-15,26H,2H2,1H3,(H,25,27)/b24-15+. The number of anilines is 1. The number of hydrazone groups is 1. The number of carbonyl (C=O) groups excluding carboxylic acids is 1. The molecule has 0 unspecified atom stereocenters. The van der Waals surface area contributed by atoms with Crippen molar-refractivity contribution in [2.24, 2.45) is 5.10 Å². The Labute approximate surface area is 185 Å². The molecule has 0 bridgehead atoms. The largest absolute Gasteiger partial charge is 0.494 e. The molecule has 0 aliphatic heterocycles. The molecular weight excluding hydrogens is 438 g/mol. The van der Waals surface area contributed by atoms with Gasteiger partial charge in [-0.15, -0.1) is 0 Å². The molecule has 160 valence electrons. The van der Waals surface area contributed by atoms with Crippen LogP contribution in [0, 0.1) is 0 Å². The lowest BCUT2D eigenvalue weighted by molar-refractivity contribution is 0.0956. The lowest BCUT2D eigenvalue weighted by Crippen LogP contribution is -2.21. The smallest absolute Gasteiger partial charge is 0.273 e. The molecule has 0 aliphatic rings. The fraction of sp³-hybridized carbons (Fsp3) is 0.0909. The van der Waals surface area contributed by atoms with Crippen LogP contribution >= 0.6 is 11.6 Å². The number of amides is 1. The van der Waals surface area contributed by atoms with E-state index < -0.39 is 15.9 Å². The van der Waals surface area contributed by atoms with Gasteiger partial charge >= 0.3 is 0 Å². The third-order valence-electron chi connectivity index (χ3n) is 4.11. The van der Waals surface area contributed by atoms with Crippen LogP contribution in [0.5, 0.6) is 5.75 Å². The fourth-order valence-electron chi connectivity index (χ4n) is 2.63. The van der Waals surface area contributed by atoms with E-state index in [4.69, 9.17) is 16.3 Å². The van der Waals surface area contributed by atoms with Crippen LogP contribution in [-0.4, -0.2) is 27.1 Å². The molecule has 0 atom stereocenters. The van der Waals surface area contributed by atoms with Gasteiger partial charge in [-0.25, -0.2) is 13.8 Å². The Morgan fingerprint density at radius 2 is 1.71 bits per heavy atom. The maximum atomic E-state index is 12.6. The maximum Gasteiger partial charge on any atom is 0.273 e. The average molecular weight is 458 g/mol. The van der Waals surface area contributed by atoms with Crippen LogP contribution in [0.15, 0.2) is 82.8 Å². The lowest BCUT2D eigenvalue weighted by atomic mass is 10.2. The molecule has 2 N–H and O–H groups in total. The number of hydrogen-bond donors (Lipinski definition) is 2. The first-order valence-corrected chi connectivity index (χ1v) is 11.2. The molecular formula is C22H20ClN3O4S. The predicted octanol–water partition coefficient (Wildman–Crippen LogP) is 4.30. The summed E-state index contributed by atoms with van der Waals surface area (Å²) in [5, 5.41) is 4.36. The number of sulfonamides is 1. The molecule has 3 aromatic carbocycles. The minimum absolute atomic E-state index is 0.0284. The Hall–Kier alpha value is -3.36. The highest BCUT2D eigenvalue weighted by Gasteiger charge is 2.18.